The lowest BCUT2D eigenvalue weighted by Crippen LogP contribution is -2.36. The van der Waals surface area contributed by atoms with Crippen molar-refractivity contribution in [2.75, 3.05) is 0 Å². The highest BCUT2D eigenvalue weighted by Gasteiger charge is 2.17. The Morgan fingerprint density at radius 2 is 1.89 bits per heavy atom. The van der Waals surface area contributed by atoms with E-state index in [4.69, 9.17) is 11.6 Å². The SMILES string of the molecule is CC(C)c1c(Cl)[nH]c(=O)n(-c2ccccc2Br)c1=O. The fourth-order valence-electron chi connectivity index (χ4n) is 1.88. The molecule has 1 aromatic heterocycles. The Morgan fingerprint density at radius 1 is 1.26 bits per heavy atom. The molecule has 0 unspecified atom stereocenters. The number of nitrogens with one attached hydrogen (secondary N) is 1. The fourth-order valence-corrected chi connectivity index (χ4v) is 2.72. The summed E-state index contributed by atoms with van der Waals surface area (Å²) in [4.78, 5) is 26.9. The topological polar surface area (TPSA) is 54.9 Å². The first-order valence-corrected chi connectivity index (χ1v) is 6.90. The van der Waals surface area contributed by atoms with E-state index >= 15 is 0 Å². The van der Waals surface area contributed by atoms with Crippen LogP contribution in [0.25, 0.3) is 5.69 Å². The van der Waals surface area contributed by atoms with Gasteiger partial charge in [0.1, 0.15) is 5.15 Å². The van der Waals surface area contributed by atoms with Crippen LogP contribution in [0.5, 0.6) is 0 Å². The summed E-state index contributed by atoms with van der Waals surface area (Å²) >= 11 is 9.28. The number of nitrogens with zero attached hydrogens (tertiary/aromatic N) is 1. The summed E-state index contributed by atoms with van der Waals surface area (Å²) < 4.78 is 1.75. The van der Waals surface area contributed by atoms with Crippen LogP contribution in [0.1, 0.15) is 25.3 Å². The van der Waals surface area contributed by atoms with Crippen LogP contribution in [0.15, 0.2) is 38.3 Å². The minimum Gasteiger partial charge on any atom is -0.297 e. The van der Waals surface area contributed by atoms with Gasteiger partial charge >= 0.3 is 5.69 Å². The van der Waals surface area contributed by atoms with Crippen molar-refractivity contribution in [2.24, 2.45) is 0 Å². The van der Waals surface area contributed by atoms with Gasteiger partial charge in [-0.2, -0.15) is 0 Å². The lowest BCUT2D eigenvalue weighted by atomic mass is 10.1. The zero-order chi connectivity index (χ0) is 14.2. The molecule has 0 bridgehead atoms. The van der Waals surface area contributed by atoms with Crippen molar-refractivity contribution in [2.45, 2.75) is 19.8 Å². The van der Waals surface area contributed by atoms with Gasteiger partial charge in [0.2, 0.25) is 0 Å². The van der Waals surface area contributed by atoms with Gasteiger partial charge in [-0.25, -0.2) is 9.36 Å². The van der Waals surface area contributed by atoms with E-state index in [9.17, 15) is 9.59 Å². The van der Waals surface area contributed by atoms with Crippen LogP contribution < -0.4 is 11.2 Å². The van der Waals surface area contributed by atoms with E-state index < -0.39 is 11.2 Å². The Kier molecular flexibility index (Phi) is 3.96. The van der Waals surface area contributed by atoms with Crippen molar-refractivity contribution >= 4 is 27.5 Å². The number of halogens is 2. The number of hydrogen-bond donors (Lipinski definition) is 1. The van der Waals surface area contributed by atoms with Gasteiger partial charge in [-0.15, -0.1) is 0 Å². The van der Waals surface area contributed by atoms with Crippen LogP contribution >= 0.6 is 27.5 Å². The van der Waals surface area contributed by atoms with Crippen molar-refractivity contribution in [1.82, 2.24) is 9.55 Å². The molecule has 0 aliphatic carbocycles. The maximum absolute atomic E-state index is 12.4. The van der Waals surface area contributed by atoms with E-state index in [-0.39, 0.29) is 11.1 Å². The quantitative estimate of drug-likeness (QED) is 0.852. The van der Waals surface area contributed by atoms with Crippen molar-refractivity contribution < 1.29 is 0 Å². The number of para-hydroxylation sites is 1. The first-order valence-electron chi connectivity index (χ1n) is 5.73. The highest BCUT2D eigenvalue weighted by molar-refractivity contribution is 9.10. The predicted octanol–water partition coefficient (Wildman–Crippen LogP) is 3.07. The Hall–Kier alpha value is -1.33. The molecule has 1 N–H and O–H groups in total. The Labute approximate surface area is 123 Å². The number of hydrogen-bond acceptors (Lipinski definition) is 2. The molecule has 0 radical (unpaired) electrons. The van der Waals surface area contributed by atoms with Gasteiger partial charge < -0.3 is 0 Å². The maximum atomic E-state index is 12.4. The van der Waals surface area contributed by atoms with E-state index in [2.05, 4.69) is 20.9 Å². The van der Waals surface area contributed by atoms with E-state index in [1.165, 1.54) is 0 Å². The molecular weight excluding hydrogens is 332 g/mol. The molecule has 19 heavy (non-hydrogen) atoms. The van der Waals surface area contributed by atoms with Gasteiger partial charge in [-0.3, -0.25) is 9.78 Å². The molecule has 100 valence electrons. The minimum absolute atomic E-state index is 0.0782. The molecule has 0 spiro atoms. The largest absolute Gasteiger partial charge is 0.334 e. The van der Waals surface area contributed by atoms with Crippen molar-refractivity contribution in [3.8, 4) is 5.69 Å². The summed E-state index contributed by atoms with van der Waals surface area (Å²) in [6, 6.07) is 7.03. The van der Waals surface area contributed by atoms with Crippen LogP contribution in [-0.2, 0) is 0 Å². The third-order valence-electron chi connectivity index (χ3n) is 2.76. The average Bonchev–Trinajstić information content (AvgIpc) is 2.30. The molecule has 0 saturated carbocycles. The number of aromatic nitrogens is 2. The second-order valence-corrected chi connectivity index (χ2v) is 5.64. The van der Waals surface area contributed by atoms with E-state index in [1.807, 2.05) is 19.9 Å². The van der Waals surface area contributed by atoms with Gasteiger partial charge in [0.25, 0.3) is 5.56 Å². The van der Waals surface area contributed by atoms with Crippen LogP contribution in [0.3, 0.4) is 0 Å². The molecule has 0 aliphatic heterocycles. The van der Waals surface area contributed by atoms with Crippen LogP contribution in [0, 0.1) is 0 Å². The summed E-state index contributed by atoms with van der Waals surface area (Å²) in [5.41, 5.74) is -0.0497. The first kappa shape index (κ1) is 14.1. The van der Waals surface area contributed by atoms with Crippen LogP contribution in [0.4, 0.5) is 0 Å². The predicted molar refractivity (Wildman–Crippen MR) is 79.5 cm³/mol. The number of H-pyrrole nitrogens is 1. The standard InChI is InChI=1S/C13H12BrClN2O2/c1-7(2)10-11(15)16-13(19)17(12(10)18)9-6-4-3-5-8(9)14/h3-7H,1-2H3,(H,16,19). The van der Waals surface area contributed by atoms with E-state index in [0.29, 0.717) is 15.7 Å². The van der Waals surface area contributed by atoms with Crippen molar-refractivity contribution in [3.63, 3.8) is 0 Å². The third-order valence-corrected chi connectivity index (χ3v) is 3.73. The number of aromatic amines is 1. The van der Waals surface area contributed by atoms with Crippen molar-refractivity contribution in [1.29, 1.82) is 0 Å². The average molecular weight is 344 g/mol. The summed E-state index contributed by atoms with van der Waals surface area (Å²) in [5, 5.41) is 0.105. The lowest BCUT2D eigenvalue weighted by molar-refractivity contribution is 0.776. The molecule has 2 rings (SSSR count). The van der Waals surface area contributed by atoms with Crippen LogP contribution in [0.2, 0.25) is 5.15 Å². The molecule has 4 nitrogen and oxygen atoms in total. The molecule has 0 fully saturated rings. The molecule has 0 atom stereocenters. The lowest BCUT2D eigenvalue weighted by Gasteiger charge is -2.12. The molecular formula is C13H12BrClN2O2. The second kappa shape index (κ2) is 5.35. The van der Waals surface area contributed by atoms with E-state index in [1.54, 1.807) is 18.2 Å². The smallest absolute Gasteiger partial charge is 0.297 e. The highest BCUT2D eigenvalue weighted by Crippen LogP contribution is 2.20. The highest BCUT2D eigenvalue weighted by atomic mass is 79.9. The maximum Gasteiger partial charge on any atom is 0.334 e. The van der Waals surface area contributed by atoms with Gasteiger partial charge in [0.15, 0.2) is 0 Å². The zero-order valence-corrected chi connectivity index (χ0v) is 12.7. The molecule has 2 aromatic rings. The summed E-state index contributed by atoms with van der Waals surface area (Å²) in [7, 11) is 0. The first-order chi connectivity index (χ1) is 8.93. The number of rotatable bonds is 2. The Balaban J connectivity index is 2.87. The zero-order valence-electron chi connectivity index (χ0n) is 10.4. The minimum atomic E-state index is -0.550. The molecule has 0 amide bonds. The van der Waals surface area contributed by atoms with Crippen molar-refractivity contribution in [3.05, 3.63) is 60.3 Å². The summed E-state index contributed by atoms with van der Waals surface area (Å²) in [6.45, 7) is 3.70. The third kappa shape index (κ3) is 2.53. The van der Waals surface area contributed by atoms with Gasteiger partial charge in [0.05, 0.1) is 11.3 Å². The molecule has 0 aliphatic rings. The fraction of sp³-hybridized carbons (Fsp3) is 0.231. The van der Waals surface area contributed by atoms with Gasteiger partial charge in [0, 0.05) is 4.47 Å². The molecule has 0 saturated heterocycles. The number of benzene rings is 1. The van der Waals surface area contributed by atoms with Gasteiger partial charge in [-0.05, 0) is 34.0 Å². The Bertz CT molecular complexity index is 734. The summed E-state index contributed by atoms with van der Waals surface area (Å²) in [6.07, 6.45) is 0. The molecule has 6 heteroatoms. The molecule has 1 aromatic carbocycles. The normalized spacial score (nSPS) is 11.0. The van der Waals surface area contributed by atoms with Gasteiger partial charge in [-0.1, -0.05) is 37.6 Å². The summed E-state index contributed by atoms with van der Waals surface area (Å²) in [5.74, 6) is -0.0782. The van der Waals surface area contributed by atoms with E-state index in [0.717, 1.165) is 4.57 Å². The molecule has 1 heterocycles. The van der Waals surface area contributed by atoms with Crippen LogP contribution in [-0.4, -0.2) is 9.55 Å². The Morgan fingerprint density at radius 3 is 2.47 bits per heavy atom. The monoisotopic (exact) mass is 342 g/mol. The second-order valence-electron chi connectivity index (χ2n) is 4.40.